The van der Waals surface area contributed by atoms with Crippen molar-refractivity contribution in [3.05, 3.63) is 18.2 Å². The maximum absolute atomic E-state index is 11.2. The highest BCUT2D eigenvalue weighted by Gasteiger charge is 2.10. The van der Waals surface area contributed by atoms with Gasteiger partial charge in [-0.1, -0.05) is 0 Å². The Bertz CT molecular complexity index is 472. The fraction of sp³-hybridized carbons (Fsp3) is 0.400. The van der Waals surface area contributed by atoms with E-state index in [4.69, 9.17) is 10.6 Å². The van der Waals surface area contributed by atoms with Gasteiger partial charge in [0.15, 0.2) is 21.3 Å². The Morgan fingerprint density at radius 1 is 1.35 bits per heavy atom. The predicted molar refractivity (Wildman–Crippen MR) is 61.5 cm³/mol. The molecule has 0 spiro atoms. The van der Waals surface area contributed by atoms with E-state index >= 15 is 0 Å². The van der Waals surface area contributed by atoms with Gasteiger partial charge in [0.05, 0.1) is 18.1 Å². The Balaban J connectivity index is 2.70. The molecule has 96 valence electrons. The molecule has 0 aliphatic carbocycles. The molecule has 17 heavy (non-hydrogen) atoms. The molecule has 7 heteroatoms. The molecule has 0 atom stereocenters. The first kappa shape index (κ1) is 13.8. The first-order valence-electron chi connectivity index (χ1n) is 4.92. The minimum Gasteiger partial charge on any atom is -0.504 e. The van der Waals surface area contributed by atoms with E-state index in [1.54, 1.807) is 0 Å². The van der Waals surface area contributed by atoms with Crippen molar-refractivity contribution in [1.82, 2.24) is 0 Å². The summed E-state index contributed by atoms with van der Waals surface area (Å²) in [6, 6.07) is 3.95. The van der Waals surface area contributed by atoms with Crippen LogP contribution in [0.5, 0.6) is 11.5 Å². The molecule has 1 aromatic rings. The van der Waals surface area contributed by atoms with Crippen LogP contribution in [0.15, 0.2) is 23.1 Å². The molecule has 0 fully saturated rings. The Morgan fingerprint density at radius 2 is 2.06 bits per heavy atom. The van der Waals surface area contributed by atoms with Gasteiger partial charge in [-0.3, -0.25) is 0 Å². The van der Waals surface area contributed by atoms with Crippen LogP contribution in [0.4, 0.5) is 0 Å². The van der Waals surface area contributed by atoms with E-state index in [-0.39, 0.29) is 16.4 Å². The Kier molecular flexibility index (Phi) is 4.73. The zero-order valence-corrected chi connectivity index (χ0v) is 10.2. The first-order valence-corrected chi connectivity index (χ1v) is 6.82. The van der Waals surface area contributed by atoms with Crippen LogP contribution >= 0.6 is 0 Å². The molecule has 0 aliphatic heterocycles. The summed E-state index contributed by atoms with van der Waals surface area (Å²) in [5.74, 6) is 4.86. The van der Waals surface area contributed by atoms with E-state index in [0.717, 1.165) is 12.3 Å². The molecule has 6 nitrogen and oxygen atoms in total. The minimum absolute atomic E-state index is 0.0487. The lowest BCUT2D eigenvalue weighted by molar-refractivity contribution is 0.121. The molecule has 0 unspecified atom stereocenters. The third kappa shape index (κ3) is 4.22. The Labute approximate surface area is 99.8 Å². The Hall–Kier alpha value is -1.31. The van der Waals surface area contributed by atoms with Crippen molar-refractivity contribution < 1.29 is 23.1 Å². The molecule has 0 bridgehead atoms. The van der Waals surface area contributed by atoms with E-state index in [9.17, 15) is 13.5 Å². The second-order valence-corrected chi connectivity index (χ2v) is 5.49. The van der Waals surface area contributed by atoms with E-state index in [1.165, 1.54) is 12.1 Å². The lowest BCUT2D eigenvalue weighted by atomic mass is 10.3. The van der Waals surface area contributed by atoms with Crippen LogP contribution in [0.2, 0.25) is 0 Å². The average molecular weight is 261 g/mol. The smallest absolute Gasteiger partial charge is 0.175 e. The topological polar surface area (TPSA) is 98.9 Å². The molecule has 0 heterocycles. The van der Waals surface area contributed by atoms with Crippen LogP contribution in [-0.4, -0.2) is 33.0 Å². The standard InChI is InChI=1S/C10H15NO5S/c1-17(13,14)8-3-4-10(9(12)7-8)15-5-2-6-16-11/h3-4,7,12H,2,5-6,11H2,1H3. The normalized spacial score (nSPS) is 11.4. The fourth-order valence-electron chi connectivity index (χ4n) is 1.17. The SMILES string of the molecule is CS(=O)(=O)c1ccc(OCCCON)c(O)c1. The fourth-order valence-corrected chi connectivity index (χ4v) is 1.82. The molecule has 3 N–H and O–H groups in total. The molecular formula is C10H15NO5S. The summed E-state index contributed by atoms with van der Waals surface area (Å²) < 4.78 is 27.7. The van der Waals surface area contributed by atoms with Gasteiger partial charge in [0.1, 0.15) is 0 Å². The molecular weight excluding hydrogens is 246 g/mol. The van der Waals surface area contributed by atoms with Crippen molar-refractivity contribution in [2.45, 2.75) is 11.3 Å². The quantitative estimate of drug-likeness (QED) is 0.570. The van der Waals surface area contributed by atoms with E-state index < -0.39 is 9.84 Å². The van der Waals surface area contributed by atoms with E-state index in [2.05, 4.69) is 4.84 Å². The van der Waals surface area contributed by atoms with Crippen LogP contribution in [-0.2, 0) is 14.7 Å². The first-order chi connectivity index (χ1) is 7.95. The number of sulfone groups is 1. The molecule has 0 aliphatic rings. The third-order valence-electron chi connectivity index (χ3n) is 2.02. The van der Waals surface area contributed by atoms with Gasteiger partial charge in [-0.15, -0.1) is 0 Å². The van der Waals surface area contributed by atoms with Crippen molar-refractivity contribution in [2.24, 2.45) is 5.90 Å². The highest BCUT2D eigenvalue weighted by Crippen LogP contribution is 2.28. The van der Waals surface area contributed by atoms with Gasteiger partial charge in [-0.2, -0.15) is 0 Å². The summed E-state index contributed by atoms with van der Waals surface area (Å²) >= 11 is 0. The summed E-state index contributed by atoms with van der Waals surface area (Å²) in [6.07, 6.45) is 1.64. The van der Waals surface area contributed by atoms with Crippen LogP contribution in [0.25, 0.3) is 0 Å². The number of rotatable bonds is 6. The van der Waals surface area contributed by atoms with Gasteiger partial charge in [-0.05, 0) is 12.1 Å². The number of nitrogens with two attached hydrogens (primary N) is 1. The van der Waals surface area contributed by atoms with Crippen LogP contribution in [0, 0.1) is 0 Å². The highest BCUT2D eigenvalue weighted by atomic mass is 32.2. The van der Waals surface area contributed by atoms with Gasteiger partial charge in [0.2, 0.25) is 0 Å². The Morgan fingerprint density at radius 3 is 2.59 bits per heavy atom. The molecule has 0 aromatic heterocycles. The zero-order chi connectivity index (χ0) is 12.9. The van der Waals surface area contributed by atoms with Crippen molar-refractivity contribution in [2.75, 3.05) is 19.5 Å². The number of benzene rings is 1. The monoisotopic (exact) mass is 261 g/mol. The van der Waals surface area contributed by atoms with Crippen LogP contribution in [0.3, 0.4) is 0 Å². The highest BCUT2D eigenvalue weighted by molar-refractivity contribution is 7.90. The molecule has 1 aromatic carbocycles. The van der Waals surface area contributed by atoms with Crippen molar-refractivity contribution >= 4 is 9.84 Å². The van der Waals surface area contributed by atoms with Crippen molar-refractivity contribution in [1.29, 1.82) is 0 Å². The molecule has 0 saturated heterocycles. The van der Waals surface area contributed by atoms with E-state index in [1.807, 2.05) is 0 Å². The molecule has 1 rings (SSSR count). The van der Waals surface area contributed by atoms with Gasteiger partial charge in [0.25, 0.3) is 0 Å². The molecule has 0 amide bonds. The molecule has 0 radical (unpaired) electrons. The largest absolute Gasteiger partial charge is 0.504 e. The number of aromatic hydroxyl groups is 1. The third-order valence-corrected chi connectivity index (χ3v) is 3.13. The van der Waals surface area contributed by atoms with Gasteiger partial charge in [0, 0.05) is 18.7 Å². The summed E-state index contributed by atoms with van der Waals surface area (Å²) in [5.41, 5.74) is 0. The van der Waals surface area contributed by atoms with Gasteiger partial charge in [-0.25, -0.2) is 14.3 Å². The predicted octanol–water partition coefficient (Wildman–Crippen LogP) is 0.455. The molecule has 0 saturated carbocycles. The van der Waals surface area contributed by atoms with E-state index in [0.29, 0.717) is 19.6 Å². The average Bonchev–Trinajstić information content (AvgIpc) is 2.24. The summed E-state index contributed by atoms with van der Waals surface area (Å²) in [4.78, 5) is 4.40. The number of hydrogen-bond acceptors (Lipinski definition) is 6. The summed E-state index contributed by atoms with van der Waals surface area (Å²) in [5, 5.41) is 9.57. The second-order valence-electron chi connectivity index (χ2n) is 3.47. The maximum Gasteiger partial charge on any atom is 0.175 e. The zero-order valence-electron chi connectivity index (χ0n) is 9.42. The van der Waals surface area contributed by atoms with Gasteiger partial charge >= 0.3 is 0 Å². The van der Waals surface area contributed by atoms with Crippen molar-refractivity contribution in [3.8, 4) is 11.5 Å². The number of phenols is 1. The lowest BCUT2D eigenvalue weighted by Crippen LogP contribution is -2.06. The number of hydrogen-bond donors (Lipinski definition) is 2. The van der Waals surface area contributed by atoms with Crippen LogP contribution in [0.1, 0.15) is 6.42 Å². The summed E-state index contributed by atoms with van der Waals surface area (Å²) in [6.45, 7) is 0.672. The second kappa shape index (κ2) is 5.85. The number of phenolic OH excluding ortho intramolecular Hbond substituents is 1. The maximum atomic E-state index is 11.2. The van der Waals surface area contributed by atoms with Crippen molar-refractivity contribution in [3.63, 3.8) is 0 Å². The minimum atomic E-state index is -3.32. The summed E-state index contributed by atoms with van der Waals surface area (Å²) in [7, 11) is -3.32. The number of ether oxygens (including phenoxy) is 1. The van der Waals surface area contributed by atoms with Crippen LogP contribution < -0.4 is 10.6 Å². The van der Waals surface area contributed by atoms with Gasteiger partial charge < -0.3 is 14.7 Å². The lowest BCUT2D eigenvalue weighted by Gasteiger charge is -2.08.